The van der Waals surface area contributed by atoms with Crippen molar-refractivity contribution in [2.24, 2.45) is 5.16 Å². The maximum atomic E-state index is 12.2. The van der Waals surface area contributed by atoms with Crippen LogP contribution in [0.15, 0.2) is 57.6 Å². The number of oxime groups is 1. The highest BCUT2D eigenvalue weighted by atomic mass is 32.2. The number of carbonyl (C=O) groups is 1. The Morgan fingerprint density at radius 3 is 2.17 bits per heavy atom. The molecule has 23 heavy (non-hydrogen) atoms. The first kappa shape index (κ1) is 17.1. The molecule has 1 aliphatic rings. The third-order valence-corrected chi connectivity index (χ3v) is 4.90. The van der Waals surface area contributed by atoms with E-state index in [1.807, 2.05) is 13.8 Å². The van der Waals surface area contributed by atoms with Gasteiger partial charge in [0.25, 0.3) is 0 Å². The van der Waals surface area contributed by atoms with E-state index >= 15 is 0 Å². The maximum Gasteiger partial charge on any atom is 0.358 e. The van der Waals surface area contributed by atoms with Gasteiger partial charge in [0.1, 0.15) is 10.6 Å². The molecule has 122 valence electrons. The van der Waals surface area contributed by atoms with E-state index in [-0.39, 0.29) is 10.7 Å². The fourth-order valence-corrected chi connectivity index (χ4v) is 2.77. The fourth-order valence-electron chi connectivity index (χ4n) is 2.03. The van der Waals surface area contributed by atoms with E-state index in [1.54, 1.807) is 26.0 Å². The van der Waals surface area contributed by atoms with Gasteiger partial charge in [0.05, 0.1) is 0 Å². The Morgan fingerprint density at radius 2 is 1.61 bits per heavy atom. The van der Waals surface area contributed by atoms with Gasteiger partial charge >= 0.3 is 10.1 Å². The molecule has 0 amide bonds. The zero-order chi connectivity index (χ0) is 17.2. The minimum atomic E-state index is -3.99. The molecule has 1 aromatic carbocycles. The predicted octanol–water partition coefficient (Wildman–Crippen LogP) is 3.35. The van der Waals surface area contributed by atoms with E-state index in [0.717, 1.165) is 5.56 Å². The van der Waals surface area contributed by atoms with Crippen LogP contribution in [-0.4, -0.2) is 19.9 Å². The SMILES string of the molecule is CC1=C(C)C(=NOS(=O)(=O)c2ccc(C(C)C)cc2)C=CC1=O. The Hall–Kier alpha value is -2.21. The van der Waals surface area contributed by atoms with Crippen molar-refractivity contribution in [1.82, 2.24) is 0 Å². The van der Waals surface area contributed by atoms with Gasteiger partial charge in [-0.3, -0.25) is 9.08 Å². The number of rotatable bonds is 4. The summed E-state index contributed by atoms with van der Waals surface area (Å²) >= 11 is 0. The van der Waals surface area contributed by atoms with E-state index in [9.17, 15) is 13.2 Å². The molecule has 6 heteroatoms. The van der Waals surface area contributed by atoms with Crippen molar-refractivity contribution in [1.29, 1.82) is 0 Å². The number of hydrogen-bond acceptors (Lipinski definition) is 5. The van der Waals surface area contributed by atoms with Crippen LogP contribution >= 0.6 is 0 Å². The van der Waals surface area contributed by atoms with Crippen molar-refractivity contribution in [2.45, 2.75) is 38.5 Å². The number of benzene rings is 1. The second-order valence-electron chi connectivity index (χ2n) is 5.68. The topological polar surface area (TPSA) is 72.8 Å². The average molecular weight is 333 g/mol. The van der Waals surface area contributed by atoms with Crippen molar-refractivity contribution in [3.8, 4) is 0 Å². The molecule has 1 aromatic rings. The summed E-state index contributed by atoms with van der Waals surface area (Å²) in [5.74, 6) is 0.196. The van der Waals surface area contributed by atoms with Crippen LogP contribution in [-0.2, 0) is 19.2 Å². The van der Waals surface area contributed by atoms with Crippen molar-refractivity contribution in [3.05, 3.63) is 53.1 Å². The summed E-state index contributed by atoms with van der Waals surface area (Å²) in [6, 6.07) is 6.50. The molecule has 0 atom stereocenters. The normalized spacial score (nSPS) is 17.3. The molecule has 0 spiro atoms. The molecule has 0 bridgehead atoms. The third-order valence-electron chi connectivity index (χ3n) is 3.78. The lowest BCUT2D eigenvalue weighted by Crippen LogP contribution is -2.12. The average Bonchev–Trinajstić information content (AvgIpc) is 2.52. The molecule has 0 radical (unpaired) electrons. The monoisotopic (exact) mass is 333 g/mol. The van der Waals surface area contributed by atoms with E-state index in [0.29, 0.717) is 22.8 Å². The number of carbonyl (C=O) groups excluding carboxylic acids is 1. The highest BCUT2D eigenvalue weighted by molar-refractivity contribution is 7.86. The molecule has 0 saturated heterocycles. The Morgan fingerprint density at radius 1 is 1.00 bits per heavy atom. The first-order chi connectivity index (χ1) is 10.7. The minimum absolute atomic E-state index is 0.0421. The predicted molar refractivity (Wildman–Crippen MR) is 88.8 cm³/mol. The van der Waals surface area contributed by atoms with Crippen molar-refractivity contribution >= 4 is 21.6 Å². The molecule has 0 unspecified atom stereocenters. The summed E-state index contributed by atoms with van der Waals surface area (Å²) in [5, 5.41) is 3.69. The molecule has 0 saturated carbocycles. The first-order valence-electron chi connectivity index (χ1n) is 7.24. The van der Waals surface area contributed by atoms with Gasteiger partial charge in [-0.15, -0.1) is 0 Å². The molecule has 5 nitrogen and oxygen atoms in total. The van der Waals surface area contributed by atoms with Gasteiger partial charge in [-0.25, -0.2) is 0 Å². The molecule has 1 aliphatic carbocycles. The number of allylic oxidation sites excluding steroid dienone is 4. The summed E-state index contributed by atoms with van der Waals surface area (Å²) in [5.41, 5.74) is 2.49. The quantitative estimate of drug-likeness (QED) is 0.626. The van der Waals surface area contributed by atoms with Gasteiger partial charge in [0.2, 0.25) is 0 Å². The zero-order valence-corrected chi connectivity index (χ0v) is 14.3. The van der Waals surface area contributed by atoms with Crippen LogP contribution in [0.4, 0.5) is 0 Å². The second kappa shape index (κ2) is 6.50. The molecule has 2 rings (SSSR count). The molecule has 0 fully saturated rings. The third kappa shape index (κ3) is 3.76. The Bertz CT molecular complexity index is 813. The summed E-state index contributed by atoms with van der Waals surface area (Å²) in [6.07, 6.45) is 2.79. The summed E-state index contributed by atoms with van der Waals surface area (Å²) in [6.45, 7) is 7.42. The molecule has 0 heterocycles. The Labute approximate surface area is 136 Å². The summed E-state index contributed by atoms with van der Waals surface area (Å²) in [7, 11) is -3.99. The smallest absolute Gasteiger partial charge is 0.290 e. The number of ketones is 1. The van der Waals surface area contributed by atoms with Crippen molar-refractivity contribution < 1.29 is 17.5 Å². The molecular formula is C17H19NO4S. The molecular weight excluding hydrogens is 314 g/mol. The lowest BCUT2D eigenvalue weighted by atomic mass is 9.97. The van der Waals surface area contributed by atoms with E-state index in [2.05, 4.69) is 5.16 Å². The van der Waals surface area contributed by atoms with Gasteiger partial charge in [0, 0.05) is 5.57 Å². The Balaban J connectivity index is 2.24. The standard InChI is InChI=1S/C17H19NO4S/c1-11(2)14-5-7-15(8-6-14)23(20,21)22-18-16-9-10-17(19)13(4)12(16)3/h5-11H,1-4H3. The van der Waals surface area contributed by atoms with E-state index in [1.165, 1.54) is 24.3 Å². The van der Waals surface area contributed by atoms with Crippen LogP contribution in [0.1, 0.15) is 39.2 Å². The second-order valence-corrected chi connectivity index (χ2v) is 7.21. The van der Waals surface area contributed by atoms with Gasteiger partial charge in [0.15, 0.2) is 5.78 Å². The minimum Gasteiger partial charge on any atom is -0.290 e. The highest BCUT2D eigenvalue weighted by Crippen LogP contribution is 2.20. The number of hydrogen-bond donors (Lipinski definition) is 0. The summed E-state index contributed by atoms with van der Waals surface area (Å²) < 4.78 is 29.1. The number of nitrogens with zero attached hydrogens (tertiary/aromatic N) is 1. The largest absolute Gasteiger partial charge is 0.358 e. The molecule has 0 aromatic heterocycles. The van der Waals surface area contributed by atoms with Crippen molar-refractivity contribution in [3.63, 3.8) is 0 Å². The van der Waals surface area contributed by atoms with Gasteiger partial charge < -0.3 is 0 Å². The molecule has 0 aliphatic heterocycles. The van der Waals surface area contributed by atoms with Crippen LogP contribution in [0.2, 0.25) is 0 Å². The van der Waals surface area contributed by atoms with Crippen LogP contribution in [0, 0.1) is 0 Å². The van der Waals surface area contributed by atoms with Gasteiger partial charge in [-0.2, -0.15) is 8.42 Å². The lowest BCUT2D eigenvalue weighted by molar-refractivity contribution is -0.111. The maximum absolute atomic E-state index is 12.2. The van der Waals surface area contributed by atoms with Crippen molar-refractivity contribution in [2.75, 3.05) is 0 Å². The first-order valence-corrected chi connectivity index (χ1v) is 8.65. The van der Waals surface area contributed by atoms with E-state index in [4.69, 9.17) is 4.28 Å². The highest BCUT2D eigenvalue weighted by Gasteiger charge is 2.19. The fraction of sp³-hybridized carbons (Fsp3) is 0.294. The van der Waals surface area contributed by atoms with Gasteiger partial charge in [-0.05, 0) is 55.2 Å². The van der Waals surface area contributed by atoms with E-state index < -0.39 is 10.1 Å². The van der Waals surface area contributed by atoms with Crippen LogP contribution in [0.5, 0.6) is 0 Å². The Kier molecular flexibility index (Phi) is 4.85. The van der Waals surface area contributed by atoms with Gasteiger partial charge in [-0.1, -0.05) is 31.1 Å². The van der Waals surface area contributed by atoms with Crippen LogP contribution in [0.3, 0.4) is 0 Å². The van der Waals surface area contributed by atoms with Crippen LogP contribution in [0.25, 0.3) is 0 Å². The molecule has 0 N–H and O–H groups in total. The lowest BCUT2D eigenvalue weighted by Gasteiger charge is -2.10. The zero-order valence-electron chi connectivity index (χ0n) is 13.5. The summed E-state index contributed by atoms with van der Waals surface area (Å²) in [4.78, 5) is 11.5. The van der Waals surface area contributed by atoms with Crippen LogP contribution < -0.4 is 0 Å².